The number of nitro groups is 1. The van der Waals surface area contributed by atoms with Crippen LogP contribution in [-0.2, 0) is 13.1 Å². The summed E-state index contributed by atoms with van der Waals surface area (Å²) in [5, 5.41) is 11.5. The number of hydrogen-bond acceptors (Lipinski definition) is 3. The van der Waals surface area contributed by atoms with Crippen LogP contribution in [0.5, 0.6) is 0 Å². The second-order valence-electron chi connectivity index (χ2n) is 5.81. The Labute approximate surface area is 159 Å². The van der Waals surface area contributed by atoms with Gasteiger partial charge in [-0.2, -0.15) is 0 Å². The Hall–Kier alpha value is -2.73. The predicted molar refractivity (Wildman–Crippen MR) is 104 cm³/mol. The van der Waals surface area contributed by atoms with Crippen LogP contribution in [0, 0.1) is 15.9 Å². The lowest BCUT2D eigenvalue weighted by Gasteiger charge is -2.25. The minimum absolute atomic E-state index is 0.0166. The summed E-state index contributed by atoms with van der Waals surface area (Å²) in [6.45, 7) is 0.702. The van der Waals surface area contributed by atoms with Gasteiger partial charge in [-0.3, -0.25) is 10.1 Å². The molecule has 4 nitrogen and oxygen atoms in total. The molecule has 3 aromatic rings. The zero-order valence-electron chi connectivity index (χ0n) is 13.8. The zero-order chi connectivity index (χ0) is 18.5. The molecular formula is C20H16BrFN2O2. The van der Waals surface area contributed by atoms with Gasteiger partial charge in [0.1, 0.15) is 0 Å². The normalized spacial score (nSPS) is 10.5. The van der Waals surface area contributed by atoms with Gasteiger partial charge in [-0.15, -0.1) is 0 Å². The van der Waals surface area contributed by atoms with Crippen molar-refractivity contribution in [3.8, 4) is 0 Å². The average molecular weight is 415 g/mol. The second-order valence-corrected chi connectivity index (χ2v) is 6.67. The molecule has 0 atom stereocenters. The lowest BCUT2D eigenvalue weighted by atomic mass is 10.1. The molecule has 0 aliphatic carbocycles. The molecule has 26 heavy (non-hydrogen) atoms. The number of hydrogen-bond donors (Lipinski definition) is 0. The molecule has 0 N–H and O–H groups in total. The zero-order valence-corrected chi connectivity index (χ0v) is 15.4. The van der Waals surface area contributed by atoms with E-state index in [9.17, 15) is 14.5 Å². The maximum atomic E-state index is 14.9. The van der Waals surface area contributed by atoms with E-state index in [0.29, 0.717) is 13.1 Å². The molecule has 0 saturated heterocycles. The van der Waals surface area contributed by atoms with Gasteiger partial charge < -0.3 is 4.90 Å². The highest BCUT2D eigenvalue weighted by Crippen LogP contribution is 2.37. The molecule has 132 valence electrons. The third kappa shape index (κ3) is 4.08. The fourth-order valence-corrected chi connectivity index (χ4v) is 3.12. The Kier molecular flexibility index (Phi) is 5.63. The number of nitro benzene ring substituents is 1. The first kappa shape index (κ1) is 18.1. The van der Waals surface area contributed by atoms with Gasteiger partial charge in [-0.1, -0.05) is 60.7 Å². The largest absolute Gasteiger partial charge is 0.355 e. The summed E-state index contributed by atoms with van der Waals surface area (Å²) in [4.78, 5) is 12.6. The van der Waals surface area contributed by atoms with Gasteiger partial charge in [-0.25, -0.2) is 4.39 Å². The molecule has 0 radical (unpaired) electrons. The summed E-state index contributed by atoms with van der Waals surface area (Å²) >= 11 is 3.14. The summed E-state index contributed by atoms with van der Waals surface area (Å²) in [5.74, 6) is -0.633. The average Bonchev–Trinajstić information content (AvgIpc) is 2.65. The first-order chi connectivity index (χ1) is 12.6. The van der Waals surface area contributed by atoms with Gasteiger partial charge in [-0.05, 0) is 33.1 Å². The van der Waals surface area contributed by atoms with Crippen molar-refractivity contribution in [3.63, 3.8) is 0 Å². The van der Waals surface area contributed by atoms with Crippen molar-refractivity contribution < 1.29 is 9.31 Å². The van der Waals surface area contributed by atoms with Crippen LogP contribution in [0.1, 0.15) is 11.1 Å². The molecule has 0 saturated carbocycles. The van der Waals surface area contributed by atoms with E-state index in [-0.39, 0.29) is 15.8 Å². The minimum atomic E-state index is -0.633. The molecule has 0 spiro atoms. The highest BCUT2D eigenvalue weighted by molar-refractivity contribution is 9.10. The van der Waals surface area contributed by atoms with Crippen LogP contribution < -0.4 is 4.90 Å². The maximum Gasteiger partial charge on any atom is 0.295 e. The third-order valence-corrected chi connectivity index (χ3v) is 4.61. The predicted octanol–water partition coefficient (Wildman–Crippen LogP) is 5.70. The van der Waals surface area contributed by atoms with Crippen LogP contribution in [0.25, 0.3) is 0 Å². The highest BCUT2D eigenvalue weighted by atomic mass is 79.9. The van der Waals surface area contributed by atoms with Crippen molar-refractivity contribution in [3.05, 3.63) is 104 Å². The summed E-state index contributed by atoms with van der Waals surface area (Å²) in [7, 11) is 0. The molecule has 0 amide bonds. The number of halogens is 2. The fraction of sp³-hybridized carbons (Fsp3) is 0.100. The topological polar surface area (TPSA) is 46.4 Å². The first-order valence-corrected chi connectivity index (χ1v) is 8.80. The molecule has 3 aromatic carbocycles. The quantitative estimate of drug-likeness (QED) is 0.383. The summed E-state index contributed by atoms with van der Waals surface area (Å²) in [6.07, 6.45) is 0. The van der Waals surface area contributed by atoms with Crippen molar-refractivity contribution in [2.24, 2.45) is 0 Å². The van der Waals surface area contributed by atoms with Gasteiger partial charge in [0.15, 0.2) is 11.5 Å². The van der Waals surface area contributed by atoms with Gasteiger partial charge in [0.2, 0.25) is 0 Å². The van der Waals surface area contributed by atoms with E-state index in [4.69, 9.17) is 0 Å². The van der Waals surface area contributed by atoms with Crippen LogP contribution in [0.15, 0.2) is 77.3 Å². The minimum Gasteiger partial charge on any atom is -0.355 e. The number of rotatable bonds is 6. The Bertz CT molecular complexity index is 863. The fourth-order valence-electron chi connectivity index (χ4n) is 2.80. The van der Waals surface area contributed by atoms with E-state index in [1.807, 2.05) is 60.7 Å². The molecule has 0 aliphatic heterocycles. The lowest BCUT2D eigenvalue weighted by Crippen LogP contribution is -2.24. The standard InChI is InChI=1S/C20H16BrFN2O2/c21-17-11-12-18(24(25)26)20(19(17)22)23(13-15-7-3-1-4-8-15)14-16-9-5-2-6-10-16/h1-12H,13-14H2. The monoisotopic (exact) mass is 414 g/mol. The molecule has 0 aromatic heterocycles. The van der Waals surface area contributed by atoms with E-state index in [2.05, 4.69) is 15.9 Å². The second kappa shape index (κ2) is 8.10. The van der Waals surface area contributed by atoms with Crippen molar-refractivity contribution in [2.45, 2.75) is 13.1 Å². The van der Waals surface area contributed by atoms with Crippen LogP contribution in [-0.4, -0.2) is 4.92 Å². The summed E-state index contributed by atoms with van der Waals surface area (Å²) in [5.41, 5.74) is 1.61. The highest BCUT2D eigenvalue weighted by Gasteiger charge is 2.26. The summed E-state index contributed by atoms with van der Waals surface area (Å²) < 4.78 is 15.1. The molecule has 3 rings (SSSR count). The van der Waals surface area contributed by atoms with Crippen LogP contribution in [0.2, 0.25) is 0 Å². The molecule has 0 heterocycles. The lowest BCUT2D eigenvalue weighted by molar-refractivity contribution is -0.384. The van der Waals surface area contributed by atoms with E-state index in [1.54, 1.807) is 4.90 Å². The molecule has 0 fully saturated rings. The van der Waals surface area contributed by atoms with Gasteiger partial charge >= 0.3 is 0 Å². The smallest absolute Gasteiger partial charge is 0.295 e. The maximum absolute atomic E-state index is 14.9. The van der Waals surface area contributed by atoms with Crippen LogP contribution in [0.3, 0.4) is 0 Å². The van der Waals surface area contributed by atoms with Crippen molar-refractivity contribution in [1.29, 1.82) is 0 Å². The van der Waals surface area contributed by atoms with Crippen molar-refractivity contribution in [1.82, 2.24) is 0 Å². The number of anilines is 1. The molecule has 0 unspecified atom stereocenters. The van der Waals surface area contributed by atoms with E-state index >= 15 is 0 Å². The molecule has 6 heteroatoms. The number of nitrogens with zero attached hydrogens (tertiary/aromatic N) is 2. The van der Waals surface area contributed by atoms with Crippen molar-refractivity contribution >= 4 is 27.3 Å². The Morgan fingerprint density at radius 3 is 1.85 bits per heavy atom. The van der Waals surface area contributed by atoms with E-state index < -0.39 is 10.7 Å². The summed E-state index contributed by atoms with van der Waals surface area (Å²) in [6, 6.07) is 21.7. The van der Waals surface area contributed by atoms with Gasteiger partial charge in [0.25, 0.3) is 5.69 Å². The third-order valence-electron chi connectivity index (χ3n) is 3.99. The SMILES string of the molecule is O=[N+]([O-])c1ccc(Br)c(F)c1N(Cc1ccccc1)Cc1ccccc1. The van der Waals surface area contributed by atoms with Gasteiger partial charge in [0, 0.05) is 19.2 Å². The van der Waals surface area contributed by atoms with Crippen molar-refractivity contribution in [2.75, 3.05) is 4.90 Å². The molecular weight excluding hydrogens is 399 g/mol. The first-order valence-electron chi connectivity index (χ1n) is 8.01. The Morgan fingerprint density at radius 1 is 0.885 bits per heavy atom. The number of benzene rings is 3. The van der Waals surface area contributed by atoms with Crippen LogP contribution >= 0.6 is 15.9 Å². The van der Waals surface area contributed by atoms with E-state index in [1.165, 1.54) is 12.1 Å². The Balaban J connectivity index is 2.08. The molecule has 0 bridgehead atoms. The van der Waals surface area contributed by atoms with Gasteiger partial charge in [0.05, 0.1) is 9.40 Å². The van der Waals surface area contributed by atoms with E-state index in [0.717, 1.165) is 11.1 Å². The van der Waals surface area contributed by atoms with Crippen LogP contribution in [0.4, 0.5) is 15.8 Å². The Morgan fingerprint density at radius 2 is 1.38 bits per heavy atom. The molecule has 0 aliphatic rings.